The van der Waals surface area contributed by atoms with Crippen molar-refractivity contribution in [2.45, 2.75) is 25.2 Å². The third-order valence-electron chi connectivity index (χ3n) is 4.78. The number of fused-ring (bicyclic) bond motifs is 1. The molecule has 2 fully saturated rings. The van der Waals surface area contributed by atoms with Crippen LogP contribution in [0, 0.1) is 17.7 Å². The van der Waals surface area contributed by atoms with Crippen LogP contribution in [0.5, 0.6) is 0 Å². The molecule has 2 aromatic rings. The molecule has 2 unspecified atom stereocenters. The Morgan fingerprint density at radius 1 is 1.30 bits per heavy atom. The largest absolute Gasteiger partial charge is 0.382 e. The van der Waals surface area contributed by atoms with E-state index in [2.05, 4.69) is 10.2 Å². The van der Waals surface area contributed by atoms with Crippen molar-refractivity contribution in [2.75, 3.05) is 5.73 Å². The molecule has 1 aromatic heterocycles. The SMILES string of the molecule is Nc1n[nH]c(C2C3CCCC32)c1-c1cccc(Cl)c1F. The van der Waals surface area contributed by atoms with E-state index in [-0.39, 0.29) is 5.02 Å². The average molecular weight is 292 g/mol. The summed E-state index contributed by atoms with van der Waals surface area (Å²) in [6, 6.07) is 5.00. The molecule has 2 saturated carbocycles. The summed E-state index contributed by atoms with van der Waals surface area (Å²) in [5.41, 5.74) is 8.09. The number of hydrogen-bond acceptors (Lipinski definition) is 2. The van der Waals surface area contributed by atoms with Gasteiger partial charge >= 0.3 is 0 Å². The van der Waals surface area contributed by atoms with E-state index in [4.69, 9.17) is 17.3 Å². The first-order chi connectivity index (χ1) is 9.68. The summed E-state index contributed by atoms with van der Waals surface area (Å²) in [5, 5.41) is 7.24. The van der Waals surface area contributed by atoms with E-state index in [1.54, 1.807) is 18.2 Å². The van der Waals surface area contributed by atoms with Gasteiger partial charge in [-0.25, -0.2) is 4.39 Å². The highest BCUT2D eigenvalue weighted by molar-refractivity contribution is 6.31. The van der Waals surface area contributed by atoms with Crippen molar-refractivity contribution in [3.05, 3.63) is 34.7 Å². The van der Waals surface area contributed by atoms with E-state index < -0.39 is 5.82 Å². The molecule has 1 aromatic carbocycles. The number of aromatic nitrogens is 2. The zero-order valence-electron chi connectivity index (χ0n) is 10.9. The fraction of sp³-hybridized carbons (Fsp3) is 0.400. The molecular weight excluding hydrogens is 277 g/mol. The number of benzene rings is 1. The molecule has 0 aliphatic heterocycles. The number of halogens is 2. The van der Waals surface area contributed by atoms with Crippen molar-refractivity contribution < 1.29 is 4.39 Å². The smallest absolute Gasteiger partial charge is 0.153 e. The fourth-order valence-corrected chi connectivity index (χ4v) is 4.02. The summed E-state index contributed by atoms with van der Waals surface area (Å²) < 4.78 is 14.3. The molecule has 4 rings (SSSR count). The van der Waals surface area contributed by atoms with Crippen LogP contribution in [-0.4, -0.2) is 10.2 Å². The van der Waals surface area contributed by atoms with Crippen LogP contribution in [0.15, 0.2) is 18.2 Å². The maximum Gasteiger partial charge on any atom is 0.153 e. The van der Waals surface area contributed by atoms with Crippen LogP contribution in [-0.2, 0) is 0 Å². The number of rotatable bonds is 2. The molecule has 20 heavy (non-hydrogen) atoms. The minimum Gasteiger partial charge on any atom is -0.382 e. The van der Waals surface area contributed by atoms with Gasteiger partial charge in [0.1, 0.15) is 5.82 Å². The average Bonchev–Trinajstić information content (AvgIpc) is 2.78. The van der Waals surface area contributed by atoms with Crippen LogP contribution in [0.2, 0.25) is 5.02 Å². The molecule has 104 valence electrons. The zero-order valence-corrected chi connectivity index (χ0v) is 11.6. The van der Waals surface area contributed by atoms with Crippen LogP contribution in [0.3, 0.4) is 0 Å². The van der Waals surface area contributed by atoms with Gasteiger partial charge in [-0.2, -0.15) is 5.10 Å². The highest BCUT2D eigenvalue weighted by Crippen LogP contribution is 2.64. The predicted molar refractivity (Wildman–Crippen MR) is 77.0 cm³/mol. The van der Waals surface area contributed by atoms with Crippen molar-refractivity contribution in [1.82, 2.24) is 10.2 Å². The van der Waals surface area contributed by atoms with Crippen LogP contribution in [0.1, 0.15) is 30.9 Å². The molecular formula is C15H15ClFN3. The molecule has 2 aliphatic carbocycles. The molecule has 3 N–H and O–H groups in total. The molecule has 2 atom stereocenters. The first kappa shape index (κ1) is 12.2. The third-order valence-corrected chi connectivity index (χ3v) is 5.07. The standard InChI is InChI=1S/C15H15ClFN3/c16-10-6-2-5-9(13(10)17)12-14(19-20-15(12)18)11-7-3-1-4-8(7)11/h2,5-8,11H,1,3-4H2,(H3,18,19,20). The molecule has 0 saturated heterocycles. The third kappa shape index (κ3) is 1.61. The number of nitrogens with zero attached hydrogens (tertiary/aromatic N) is 1. The number of anilines is 1. The van der Waals surface area contributed by atoms with Gasteiger partial charge in [-0.3, -0.25) is 5.10 Å². The van der Waals surface area contributed by atoms with Crippen molar-refractivity contribution in [1.29, 1.82) is 0 Å². The first-order valence-corrected chi connectivity index (χ1v) is 7.34. The van der Waals surface area contributed by atoms with E-state index in [1.165, 1.54) is 19.3 Å². The molecule has 2 aliphatic rings. The Kier molecular flexibility index (Phi) is 2.58. The van der Waals surface area contributed by atoms with Gasteiger partial charge in [-0.05, 0) is 30.7 Å². The summed E-state index contributed by atoms with van der Waals surface area (Å²) in [6.07, 6.45) is 3.81. The Bertz CT molecular complexity index is 672. The Morgan fingerprint density at radius 3 is 2.80 bits per heavy atom. The second-order valence-corrected chi connectivity index (χ2v) is 6.19. The Morgan fingerprint density at radius 2 is 2.05 bits per heavy atom. The van der Waals surface area contributed by atoms with Crippen LogP contribution in [0.25, 0.3) is 11.1 Å². The lowest BCUT2D eigenvalue weighted by molar-refractivity contribution is 0.630. The van der Waals surface area contributed by atoms with Crippen LogP contribution >= 0.6 is 11.6 Å². The van der Waals surface area contributed by atoms with Gasteiger partial charge in [-0.15, -0.1) is 0 Å². The van der Waals surface area contributed by atoms with Gasteiger partial charge in [0.2, 0.25) is 0 Å². The van der Waals surface area contributed by atoms with Gasteiger partial charge < -0.3 is 5.73 Å². The molecule has 0 bridgehead atoms. The van der Waals surface area contributed by atoms with E-state index in [0.29, 0.717) is 22.9 Å². The highest BCUT2D eigenvalue weighted by Gasteiger charge is 2.55. The van der Waals surface area contributed by atoms with Crippen molar-refractivity contribution in [2.24, 2.45) is 11.8 Å². The number of aromatic amines is 1. The van der Waals surface area contributed by atoms with Gasteiger partial charge in [0, 0.05) is 22.7 Å². The molecule has 0 spiro atoms. The molecule has 1 heterocycles. The molecule has 0 amide bonds. The minimum atomic E-state index is -0.422. The quantitative estimate of drug-likeness (QED) is 0.880. The number of nitrogen functional groups attached to an aromatic ring is 1. The first-order valence-electron chi connectivity index (χ1n) is 6.96. The summed E-state index contributed by atoms with van der Waals surface area (Å²) in [7, 11) is 0. The number of nitrogens with one attached hydrogen (secondary N) is 1. The molecule has 5 heteroatoms. The summed E-state index contributed by atoms with van der Waals surface area (Å²) in [5.74, 6) is 1.83. The van der Waals surface area contributed by atoms with Gasteiger partial charge in [0.25, 0.3) is 0 Å². The lowest BCUT2D eigenvalue weighted by Gasteiger charge is -2.08. The molecule has 0 radical (unpaired) electrons. The predicted octanol–water partition coefficient (Wildman–Crippen LogP) is 3.96. The molecule has 3 nitrogen and oxygen atoms in total. The number of H-pyrrole nitrogens is 1. The van der Waals surface area contributed by atoms with Gasteiger partial charge in [0.15, 0.2) is 5.82 Å². The van der Waals surface area contributed by atoms with E-state index >= 15 is 0 Å². The number of nitrogens with two attached hydrogens (primary N) is 1. The van der Waals surface area contributed by atoms with Crippen LogP contribution in [0.4, 0.5) is 10.2 Å². The van der Waals surface area contributed by atoms with Crippen LogP contribution < -0.4 is 5.73 Å². The summed E-state index contributed by atoms with van der Waals surface area (Å²) in [4.78, 5) is 0. The van der Waals surface area contributed by atoms with Gasteiger partial charge in [0.05, 0.1) is 5.02 Å². The van der Waals surface area contributed by atoms with Crippen molar-refractivity contribution in [3.8, 4) is 11.1 Å². The van der Waals surface area contributed by atoms with Crippen molar-refractivity contribution >= 4 is 17.4 Å². The summed E-state index contributed by atoms with van der Waals surface area (Å²) >= 11 is 5.88. The highest BCUT2D eigenvalue weighted by atomic mass is 35.5. The summed E-state index contributed by atoms with van der Waals surface area (Å²) in [6.45, 7) is 0. The monoisotopic (exact) mass is 291 g/mol. The fourth-order valence-electron chi connectivity index (χ4n) is 3.84. The second-order valence-electron chi connectivity index (χ2n) is 5.78. The van der Waals surface area contributed by atoms with E-state index in [1.807, 2.05) is 0 Å². The Labute approximate surface area is 121 Å². The van der Waals surface area contributed by atoms with E-state index in [9.17, 15) is 4.39 Å². The maximum atomic E-state index is 14.3. The zero-order chi connectivity index (χ0) is 13.9. The van der Waals surface area contributed by atoms with Crippen molar-refractivity contribution in [3.63, 3.8) is 0 Å². The Hall–Kier alpha value is -1.55. The minimum absolute atomic E-state index is 0.116. The number of hydrogen-bond donors (Lipinski definition) is 2. The Balaban J connectivity index is 1.82. The second kappa shape index (κ2) is 4.22. The normalized spacial score (nSPS) is 27.6. The lowest BCUT2D eigenvalue weighted by atomic mass is 9.99. The maximum absolute atomic E-state index is 14.3. The van der Waals surface area contributed by atoms with Gasteiger partial charge in [-0.1, -0.05) is 30.2 Å². The topological polar surface area (TPSA) is 54.7 Å². The van der Waals surface area contributed by atoms with E-state index in [0.717, 1.165) is 17.5 Å². The lowest BCUT2D eigenvalue weighted by Crippen LogP contribution is -1.95.